The Labute approximate surface area is 110 Å². The quantitative estimate of drug-likeness (QED) is 0.779. The number of hydrogen-bond acceptors (Lipinski definition) is 6. The van der Waals surface area contributed by atoms with E-state index in [2.05, 4.69) is 15.2 Å². The first-order chi connectivity index (χ1) is 8.56. The first kappa shape index (κ1) is 12.8. The Bertz CT molecular complexity index is 615. The number of thiazole rings is 1. The van der Waals surface area contributed by atoms with E-state index >= 15 is 0 Å². The summed E-state index contributed by atoms with van der Waals surface area (Å²) in [5.41, 5.74) is 0.530. The van der Waals surface area contributed by atoms with Gasteiger partial charge in [-0.3, -0.25) is 9.36 Å². The Balaban J connectivity index is 2.18. The van der Waals surface area contributed by atoms with Crippen LogP contribution in [0.3, 0.4) is 0 Å². The summed E-state index contributed by atoms with van der Waals surface area (Å²) in [5.74, 6) is -1.09. The highest BCUT2D eigenvalue weighted by Gasteiger charge is 2.12. The summed E-state index contributed by atoms with van der Waals surface area (Å²) in [6, 6.07) is 0. The number of aromatic amines is 1. The number of hydrogen-bond donors (Lipinski definition) is 2. The first-order valence-corrected chi connectivity index (χ1v) is 6.83. The normalized spacial score (nSPS) is 10.7. The molecule has 0 aliphatic heterocycles. The molecule has 0 aliphatic rings. The molecule has 0 bridgehead atoms. The molecule has 0 spiro atoms. The van der Waals surface area contributed by atoms with Gasteiger partial charge in [-0.1, -0.05) is 11.8 Å². The lowest BCUT2D eigenvalue weighted by Crippen LogP contribution is -2.18. The van der Waals surface area contributed by atoms with Crippen LogP contribution in [-0.4, -0.2) is 36.6 Å². The number of aromatic nitrogens is 4. The number of thioether (sulfide) groups is 1. The van der Waals surface area contributed by atoms with Gasteiger partial charge in [0.1, 0.15) is 5.01 Å². The van der Waals surface area contributed by atoms with E-state index in [-0.39, 0.29) is 11.4 Å². The average Bonchev–Trinajstić information content (AvgIpc) is 2.85. The second-order valence-electron chi connectivity index (χ2n) is 3.46. The van der Waals surface area contributed by atoms with Crippen LogP contribution in [0.4, 0.5) is 0 Å². The van der Waals surface area contributed by atoms with Crippen molar-refractivity contribution in [2.75, 3.05) is 5.75 Å². The molecule has 0 saturated heterocycles. The number of aryl methyl sites for hydroxylation is 1. The molecule has 2 aromatic rings. The molecule has 7 nitrogen and oxygen atoms in total. The fraction of sp³-hybridized carbons (Fsp3) is 0.333. The summed E-state index contributed by atoms with van der Waals surface area (Å²) < 4.78 is 1.38. The van der Waals surface area contributed by atoms with Gasteiger partial charge in [0.05, 0.1) is 12.3 Å². The van der Waals surface area contributed by atoms with Gasteiger partial charge in [-0.15, -0.1) is 16.4 Å². The van der Waals surface area contributed by atoms with E-state index < -0.39 is 5.97 Å². The first-order valence-electron chi connectivity index (χ1n) is 4.97. The summed E-state index contributed by atoms with van der Waals surface area (Å²) >= 11 is 2.45. The lowest BCUT2D eigenvalue weighted by Gasteiger charge is -2.01. The van der Waals surface area contributed by atoms with Gasteiger partial charge in [-0.25, -0.2) is 14.9 Å². The van der Waals surface area contributed by atoms with Gasteiger partial charge >= 0.3 is 11.7 Å². The maximum absolute atomic E-state index is 11.6. The molecule has 0 radical (unpaired) electrons. The zero-order chi connectivity index (χ0) is 13.1. The molecular weight excluding hydrogens is 276 g/mol. The van der Waals surface area contributed by atoms with Gasteiger partial charge in [-0.05, 0) is 6.92 Å². The zero-order valence-corrected chi connectivity index (χ0v) is 11.0. The van der Waals surface area contributed by atoms with Gasteiger partial charge in [0.2, 0.25) is 0 Å². The average molecular weight is 286 g/mol. The van der Waals surface area contributed by atoms with E-state index in [1.807, 2.05) is 12.3 Å². The third-order valence-electron chi connectivity index (χ3n) is 2.01. The molecule has 0 aliphatic carbocycles. The van der Waals surface area contributed by atoms with Crippen LogP contribution in [0.15, 0.2) is 15.3 Å². The molecule has 0 saturated carbocycles. The van der Waals surface area contributed by atoms with Crippen molar-refractivity contribution in [3.05, 3.63) is 26.6 Å². The molecule has 2 N–H and O–H groups in total. The highest BCUT2D eigenvalue weighted by Crippen LogP contribution is 2.16. The van der Waals surface area contributed by atoms with Crippen molar-refractivity contribution in [1.29, 1.82) is 0 Å². The van der Waals surface area contributed by atoms with Crippen LogP contribution in [0.2, 0.25) is 0 Å². The summed E-state index contributed by atoms with van der Waals surface area (Å²) in [6.45, 7) is 2.17. The van der Waals surface area contributed by atoms with Crippen molar-refractivity contribution in [1.82, 2.24) is 19.7 Å². The molecule has 0 unspecified atom stereocenters. The van der Waals surface area contributed by atoms with Crippen LogP contribution in [0.1, 0.15) is 10.7 Å². The Morgan fingerprint density at radius 3 is 3.06 bits per heavy atom. The maximum atomic E-state index is 11.6. The van der Waals surface area contributed by atoms with Crippen molar-refractivity contribution in [3.8, 4) is 0 Å². The third kappa shape index (κ3) is 2.99. The number of aliphatic carboxylic acids is 1. The number of rotatable bonds is 5. The van der Waals surface area contributed by atoms with Crippen LogP contribution >= 0.6 is 23.1 Å². The largest absolute Gasteiger partial charge is 0.481 e. The number of H-pyrrole nitrogens is 1. The molecule has 96 valence electrons. The second kappa shape index (κ2) is 5.36. The lowest BCUT2D eigenvalue weighted by atomic mass is 10.6. The molecule has 2 rings (SSSR count). The minimum atomic E-state index is -0.952. The summed E-state index contributed by atoms with van der Waals surface area (Å²) in [5, 5.41) is 17.7. The van der Waals surface area contributed by atoms with Gasteiger partial charge in [0.15, 0.2) is 5.16 Å². The maximum Gasteiger partial charge on any atom is 0.344 e. The Kier molecular flexibility index (Phi) is 3.82. The number of nitrogens with one attached hydrogen (secondary N) is 1. The molecule has 0 aromatic carbocycles. The van der Waals surface area contributed by atoms with E-state index in [0.29, 0.717) is 11.7 Å². The van der Waals surface area contributed by atoms with Gasteiger partial charge in [0.25, 0.3) is 0 Å². The predicted octanol–water partition coefficient (Wildman–Crippen LogP) is 0.561. The molecule has 18 heavy (non-hydrogen) atoms. The Morgan fingerprint density at radius 2 is 2.44 bits per heavy atom. The lowest BCUT2D eigenvalue weighted by molar-refractivity contribution is -0.133. The molecule has 0 atom stereocenters. The van der Waals surface area contributed by atoms with Crippen molar-refractivity contribution < 1.29 is 9.90 Å². The summed E-state index contributed by atoms with van der Waals surface area (Å²) in [7, 11) is 0. The van der Waals surface area contributed by atoms with Crippen molar-refractivity contribution >= 4 is 29.1 Å². The standard InChI is InChI=1S/C9H10N4O3S2/c1-5-3-17-6(10-5)2-13-8(16)11-12-9(13)18-4-7(14)15/h3H,2,4H2,1H3,(H,11,16)(H,14,15). The van der Waals surface area contributed by atoms with Crippen LogP contribution < -0.4 is 5.69 Å². The van der Waals surface area contributed by atoms with Gasteiger partial charge in [-0.2, -0.15) is 0 Å². The van der Waals surface area contributed by atoms with Crippen LogP contribution in [0, 0.1) is 6.92 Å². The smallest absolute Gasteiger partial charge is 0.344 e. The molecule has 2 heterocycles. The fourth-order valence-electron chi connectivity index (χ4n) is 1.29. The van der Waals surface area contributed by atoms with E-state index in [0.717, 1.165) is 22.5 Å². The fourth-order valence-corrected chi connectivity index (χ4v) is 2.72. The minimum absolute atomic E-state index is 0.138. The molecule has 0 fully saturated rings. The summed E-state index contributed by atoms with van der Waals surface area (Å²) in [6.07, 6.45) is 0. The van der Waals surface area contributed by atoms with E-state index in [1.54, 1.807) is 0 Å². The van der Waals surface area contributed by atoms with Crippen LogP contribution in [0.5, 0.6) is 0 Å². The highest BCUT2D eigenvalue weighted by atomic mass is 32.2. The van der Waals surface area contributed by atoms with Crippen molar-refractivity contribution in [3.63, 3.8) is 0 Å². The zero-order valence-electron chi connectivity index (χ0n) is 9.41. The monoisotopic (exact) mass is 286 g/mol. The van der Waals surface area contributed by atoms with E-state index in [4.69, 9.17) is 5.11 Å². The molecular formula is C9H10N4O3S2. The molecule has 2 aromatic heterocycles. The Morgan fingerprint density at radius 1 is 1.67 bits per heavy atom. The van der Waals surface area contributed by atoms with E-state index in [1.165, 1.54) is 15.9 Å². The predicted molar refractivity (Wildman–Crippen MR) is 67.2 cm³/mol. The van der Waals surface area contributed by atoms with Gasteiger partial charge < -0.3 is 5.11 Å². The van der Waals surface area contributed by atoms with Crippen LogP contribution in [-0.2, 0) is 11.3 Å². The molecule has 0 amide bonds. The molecule has 9 heteroatoms. The number of carboxylic acids is 1. The Hall–Kier alpha value is -1.61. The van der Waals surface area contributed by atoms with Crippen molar-refractivity contribution in [2.24, 2.45) is 0 Å². The number of carbonyl (C=O) groups is 1. The topological polar surface area (TPSA) is 101 Å². The minimum Gasteiger partial charge on any atom is -0.481 e. The second-order valence-corrected chi connectivity index (χ2v) is 5.35. The number of nitrogens with zero attached hydrogens (tertiary/aromatic N) is 3. The van der Waals surface area contributed by atoms with Gasteiger partial charge in [0, 0.05) is 11.1 Å². The SMILES string of the molecule is Cc1csc(Cn2c(SCC(=O)O)n[nH]c2=O)n1. The number of carboxylic acid groups (broad SMARTS) is 1. The third-order valence-corrected chi connectivity index (χ3v) is 3.92. The van der Waals surface area contributed by atoms with Crippen LogP contribution in [0.25, 0.3) is 0 Å². The highest BCUT2D eigenvalue weighted by molar-refractivity contribution is 7.99. The van der Waals surface area contributed by atoms with E-state index in [9.17, 15) is 9.59 Å². The summed E-state index contributed by atoms with van der Waals surface area (Å²) in [4.78, 5) is 26.3. The van der Waals surface area contributed by atoms with Crippen molar-refractivity contribution in [2.45, 2.75) is 18.6 Å².